The first kappa shape index (κ1) is 29.4. The molecule has 5 nitrogen and oxygen atoms in total. The first-order chi connectivity index (χ1) is 18.1. The molecule has 1 N–H and O–H groups in total. The van der Waals surface area contributed by atoms with Gasteiger partial charge >= 0.3 is 0 Å². The minimum atomic E-state index is -0.767. The maximum absolute atomic E-state index is 13.7. The molecule has 0 aliphatic rings. The number of nitrogens with zero attached hydrogens (tertiary/aromatic N) is 1. The van der Waals surface area contributed by atoms with Crippen LogP contribution in [0.3, 0.4) is 0 Å². The molecule has 0 bridgehead atoms. The first-order valence-electron chi connectivity index (χ1n) is 12.9. The van der Waals surface area contributed by atoms with Crippen LogP contribution in [0.25, 0.3) is 0 Å². The Balaban J connectivity index is 1.89. The van der Waals surface area contributed by atoms with Gasteiger partial charge in [-0.1, -0.05) is 76.2 Å². The molecule has 0 aromatic heterocycles. The zero-order valence-corrected chi connectivity index (χ0v) is 24.1. The van der Waals surface area contributed by atoms with Crippen LogP contribution in [0.5, 0.6) is 5.75 Å². The number of halogens is 2. The van der Waals surface area contributed by atoms with Crippen molar-refractivity contribution in [2.75, 3.05) is 13.2 Å². The van der Waals surface area contributed by atoms with Crippen LogP contribution in [0.15, 0.2) is 77.3 Å². The van der Waals surface area contributed by atoms with Gasteiger partial charge in [0.15, 0.2) is 6.61 Å². The van der Waals surface area contributed by atoms with Gasteiger partial charge in [0.1, 0.15) is 17.6 Å². The van der Waals surface area contributed by atoms with Gasteiger partial charge in [-0.2, -0.15) is 0 Å². The van der Waals surface area contributed by atoms with Crippen molar-refractivity contribution in [3.8, 4) is 5.75 Å². The molecule has 0 heterocycles. The molecule has 0 aliphatic carbocycles. The third-order valence-corrected chi connectivity index (χ3v) is 6.86. The Morgan fingerprint density at radius 3 is 2.29 bits per heavy atom. The second kappa shape index (κ2) is 13.6. The lowest BCUT2D eigenvalue weighted by atomic mass is 9.87. The van der Waals surface area contributed by atoms with Crippen molar-refractivity contribution in [2.45, 2.75) is 58.5 Å². The maximum atomic E-state index is 13.7. The summed E-state index contributed by atoms with van der Waals surface area (Å²) in [5.41, 5.74) is 2.76. The van der Waals surface area contributed by atoms with Crippen molar-refractivity contribution in [1.29, 1.82) is 0 Å². The van der Waals surface area contributed by atoms with Gasteiger partial charge in [0.25, 0.3) is 5.91 Å². The fourth-order valence-corrected chi connectivity index (χ4v) is 4.51. The quantitative estimate of drug-likeness (QED) is 0.283. The van der Waals surface area contributed by atoms with Crippen molar-refractivity contribution < 1.29 is 18.7 Å². The summed E-state index contributed by atoms with van der Waals surface area (Å²) in [4.78, 5) is 28.5. The van der Waals surface area contributed by atoms with Gasteiger partial charge in [-0.15, -0.1) is 0 Å². The predicted molar refractivity (Wildman–Crippen MR) is 153 cm³/mol. The summed E-state index contributed by atoms with van der Waals surface area (Å²) in [7, 11) is 0. The van der Waals surface area contributed by atoms with Crippen LogP contribution >= 0.6 is 15.9 Å². The van der Waals surface area contributed by atoms with Crippen LogP contribution < -0.4 is 10.1 Å². The molecule has 0 spiro atoms. The van der Waals surface area contributed by atoms with E-state index < -0.39 is 6.04 Å². The van der Waals surface area contributed by atoms with Gasteiger partial charge in [-0.3, -0.25) is 9.59 Å². The molecular weight excluding hydrogens is 547 g/mol. The molecule has 7 heteroatoms. The molecule has 0 aliphatic heterocycles. The van der Waals surface area contributed by atoms with E-state index in [0.717, 1.165) is 27.6 Å². The highest BCUT2D eigenvalue weighted by Crippen LogP contribution is 2.31. The monoisotopic (exact) mass is 582 g/mol. The van der Waals surface area contributed by atoms with Crippen molar-refractivity contribution in [2.24, 2.45) is 0 Å². The van der Waals surface area contributed by atoms with E-state index in [2.05, 4.69) is 42.0 Å². The number of nitrogens with one attached hydrogen (secondary N) is 1. The molecule has 0 radical (unpaired) electrons. The summed E-state index contributed by atoms with van der Waals surface area (Å²) in [5, 5.41) is 2.95. The SMILES string of the molecule is CCCNC(=O)[C@@H](Cc1ccccc1)N(Cc1ccc(F)cc1)C(=O)COc1ccc(C(C)(C)C)cc1Br. The fraction of sp³-hybridized carbons (Fsp3) is 0.355. The summed E-state index contributed by atoms with van der Waals surface area (Å²) in [6.45, 7) is 8.76. The number of benzene rings is 3. The number of carbonyl (C=O) groups is 2. The van der Waals surface area contributed by atoms with E-state index in [1.54, 1.807) is 12.1 Å². The van der Waals surface area contributed by atoms with Gasteiger partial charge in [0, 0.05) is 19.5 Å². The third kappa shape index (κ3) is 8.42. The van der Waals surface area contributed by atoms with E-state index in [1.807, 2.05) is 55.5 Å². The predicted octanol–water partition coefficient (Wildman–Crippen LogP) is 6.43. The Morgan fingerprint density at radius 1 is 1.00 bits per heavy atom. The van der Waals surface area contributed by atoms with E-state index >= 15 is 0 Å². The number of hydrogen-bond donors (Lipinski definition) is 1. The van der Waals surface area contributed by atoms with Crippen LogP contribution in [0.2, 0.25) is 0 Å². The zero-order valence-electron chi connectivity index (χ0n) is 22.5. The minimum Gasteiger partial charge on any atom is -0.483 e. The van der Waals surface area contributed by atoms with Gasteiger partial charge in [-0.25, -0.2) is 4.39 Å². The minimum absolute atomic E-state index is 0.0284. The summed E-state index contributed by atoms with van der Waals surface area (Å²) < 4.78 is 20.3. The molecule has 0 saturated carbocycles. The molecule has 202 valence electrons. The van der Waals surface area contributed by atoms with Gasteiger partial charge < -0.3 is 15.0 Å². The summed E-state index contributed by atoms with van der Waals surface area (Å²) in [5.74, 6) is -0.390. The number of ether oxygens (including phenoxy) is 1. The molecule has 2 amide bonds. The molecule has 0 fully saturated rings. The first-order valence-corrected chi connectivity index (χ1v) is 13.7. The maximum Gasteiger partial charge on any atom is 0.261 e. The number of hydrogen-bond acceptors (Lipinski definition) is 3. The van der Waals surface area contributed by atoms with E-state index in [4.69, 9.17) is 4.74 Å². The van der Waals surface area contributed by atoms with Gasteiger partial charge in [0.05, 0.1) is 4.47 Å². The number of rotatable bonds is 11. The standard InChI is InChI=1S/C31H36BrFN2O3/c1-5-17-34-30(37)27(18-22-9-7-6-8-10-22)35(20-23-11-14-25(33)15-12-23)29(36)21-38-28-16-13-24(19-26(28)32)31(2,3)4/h6-16,19,27H,5,17-18,20-21H2,1-4H3,(H,34,37)/t27-/m1/s1. The lowest BCUT2D eigenvalue weighted by Crippen LogP contribution is -2.51. The van der Waals surface area contributed by atoms with Crippen LogP contribution in [-0.2, 0) is 28.0 Å². The summed E-state index contributed by atoms with van der Waals surface area (Å²) >= 11 is 3.56. The second-order valence-corrected chi connectivity index (χ2v) is 11.2. The largest absolute Gasteiger partial charge is 0.483 e. The fourth-order valence-electron chi connectivity index (χ4n) is 4.01. The van der Waals surface area contributed by atoms with Crippen LogP contribution in [0.4, 0.5) is 4.39 Å². The number of amides is 2. The topological polar surface area (TPSA) is 58.6 Å². The van der Waals surface area contributed by atoms with Crippen molar-refractivity contribution in [3.05, 3.63) is 99.8 Å². The average Bonchev–Trinajstić information content (AvgIpc) is 2.89. The van der Waals surface area contributed by atoms with E-state index in [0.29, 0.717) is 18.7 Å². The highest BCUT2D eigenvalue weighted by molar-refractivity contribution is 9.10. The van der Waals surface area contributed by atoms with E-state index in [9.17, 15) is 14.0 Å². The zero-order chi connectivity index (χ0) is 27.7. The molecule has 3 aromatic carbocycles. The molecule has 0 unspecified atom stereocenters. The van der Waals surface area contributed by atoms with E-state index in [1.165, 1.54) is 17.0 Å². The highest BCUT2D eigenvalue weighted by atomic mass is 79.9. The lowest BCUT2D eigenvalue weighted by molar-refractivity contribution is -0.142. The summed E-state index contributed by atoms with van der Waals surface area (Å²) in [6.07, 6.45) is 1.12. The van der Waals surface area contributed by atoms with Crippen molar-refractivity contribution in [1.82, 2.24) is 10.2 Å². The van der Waals surface area contributed by atoms with Crippen LogP contribution in [-0.4, -0.2) is 35.9 Å². The Kier molecular flexibility index (Phi) is 10.5. The van der Waals surface area contributed by atoms with Crippen molar-refractivity contribution >= 4 is 27.7 Å². The Bertz CT molecular complexity index is 1210. The average molecular weight is 584 g/mol. The smallest absolute Gasteiger partial charge is 0.261 e. The van der Waals surface area contributed by atoms with Crippen LogP contribution in [0.1, 0.15) is 50.8 Å². The second-order valence-electron chi connectivity index (χ2n) is 10.3. The molecular formula is C31H36BrFN2O3. The van der Waals surface area contributed by atoms with E-state index in [-0.39, 0.29) is 36.2 Å². The Labute approximate surface area is 233 Å². The van der Waals surface area contributed by atoms with Gasteiger partial charge in [0.2, 0.25) is 5.91 Å². The molecule has 3 rings (SSSR count). The molecule has 3 aromatic rings. The normalized spacial score (nSPS) is 12.1. The third-order valence-electron chi connectivity index (χ3n) is 6.24. The van der Waals surface area contributed by atoms with Crippen molar-refractivity contribution in [3.63, 3.8) is 0 Å². The number of carbonyl (C=O) groups excluding carboxylic acids is 2. The lowest BCUT2D eigenvalue weighted by Gasteiger charge is -2.31. The Hall–Kier alpha value is -3.19. The highest BCUT2D eigenvalue weighted by Gasteiger charge is 2.30. The molecule has 0 saturated heterocycles. The van der Waals surface area contributed by atoms with Crippen LogP contribution in [0, 0.1) is 5.82 Å². The van der Waals surface area contributed by atoms with Gasteiger partial charge in [-0.05, 0) is 68.7 Å². The Morgan fingerprint density at radius 2 is 1.68 bits per heavy atom. The summed E-state index contributed by atoms with van der Waals surface area (Å²) in [6, 6.07) is 20.6. The molecule has 1 atom stereocenters. The molecule has 38 heavy (non-hydrogen) atoms.